The summed E-state index contributed by atoms with van der Waals surface area (Å²) in [6.07, 6.45) is 2.12. The zero-order chi connectivity index (χ0) is 24.8. The van der Waals surface area contributed by atoms with Crippen LogP contribution in [0, 0.1) is 0 Å². The van der Waals surface area contributed by atoms with E-state index in [2.05, 4.69) is 4.72 Å². The number of sulfonamides is 2. The lowest BCUT2D eigenvalue weighted by Gasteiger charge is -2.23. The fourth-order valence-electron chi connectivity index (χ4n) is 3.28. The number of nitrogens with zero attached hydrogens (tertiary/aromatic N) is 1. The van der Waals surface area contributed by atoms with E-state index < -0.39 is 20.0 Å². The Balaban J connectivity index is 1.94. The standard InChI is InChI=1S/C24H30N2O6S2/c1-4-19(3)25-33(27,28)22-12-14-23(15-13-22)34(29,30)26(18-21-10-8-16-32-21)17-20-9-6-7-11-24(20)31-5-2/h6-16,19,25H,4-5,17-18H2,1-3H3. The predicted octanol–water partition coefficient (Wildman–Crippen LogP) is 4.15. The summed E-state index contributed by atoms with van der Waals surface area (Å²) in [7, 11) is -7.74. The monoisotopic (exact) mass is 506 g/mol. The highest BCUT2D eigenvalue weighted by molar-refractivity contribution is 7.89. The summed E-state index contributed by atoms with van der Waals surface area (Å²) in [5.74, 6) is 1.08. The highest BCUT2D eigenvalue weighted by atomic mass is 32.2. The Labute approximate surface area is 201 Å². The number of furan rings is 1. The van der Waals surface area contributed by atoms with Gasteiger partial charge in [-0.15, -0.1) is 0 Å². The lowest BCUT2D eigenvalue weighted by molar-refractivity contribution is 0.321. The van der Waals surface area contributed by atoms with Crippen molar-refractivity contribution in [2.45, 2.75) is 56.1 Å². The molecule has 1 aromatic heterocycles. The molecule has 8 nitrogen and oxygen atoms in total. The first kappa shape index (κ1) is 26.0. The Bertz CT molecular complexity index is 1270. The number of ether oxygens (including phenoxy) is 1. The van der Waals surface area contributed by atoms with Crippen molar-refractivity contribution in [1.82, 2.24) is 9.03 Å². The molecule has 0 saturated carbocycles. The molecule has 10 heteroatoms. The lowest BCUT2D eigenvalue weighted by atomic mass is 10.2. The third kappa shape index (κ3) is 6.26. The molecular weight excluding hydrogens is 476 g/mol. The van der Waals surface area contributed by atoms with Gasteiger partial charge in [0, 0.05) is 18.2 Å². The summed E-state index contributed by atoms with van der Waals surface area (Å²) in [6, 6.07) is 15.6. The van der Waals surface area contributed by atoms with Crippen LogP contribution in [0.25, 0.3) is 0 Å². The van der Waals surface area contributed by atoms with Gasteiger partial charge in [0.1, 0.15) is 11.5 Å². The molecule has 0 aliphatic heterocycles. The van der Waals surface area contributed by atoms with Gasteiger partial charge in [-0.25, -0.2) is 21.6 Å². The number of rotatable bonds is 12. The summed E-state index contributed by atoms with van der Waals surface area (Å²) in [5, 5.41) is 0. The van der Waals surface area contributed by atoms with Gasteiger partial charge in [-0.3, -0.25) is 0 Å². The van der Waals surface area contributed by atoms with E-state index in [9.17, 15) is 16.8 Å². The minimum absolute atomic E-state index is 0.00537. The normalized spacial score (nSPS) is 13.2. The molecule has 1 N–H and O–H groups in total. The van der Waals surface area contributed by atoms with Crippen molar-refractivity contribution < 1.29 is 26.0 Å². The number of nitrogens with one attached hydrogen (secondary N) is 1. The molecule has 0 radical (unpaired) electrons. The smallest absolute Gasteiger partial charge is 0.243 e. The fourth-order valence-corrected chi connectivity index (χ4v) is 5.99. The molecule has 1 heterocycles. The Morgan fingerprint density at radius 1 is 0.912 bits per heavy atom. The maximum atomic E-state index is 13.6. The molecule has 0 bridgehead atoms. The van der Waals surface area contributed by atoms with Gasteiger partial charge in [-0.2, -0.15) is 4.31 Å². The van der Waals surface area contributed by atoms with Crippen LogP contribution in [0.2, 0.25) is 0 Å². The van der Waals surface area contributed by atoms with Gasteiger partial charge in [0.25, 0.3) is 0 Å². The molecule has 1 atom stereocenters. The van der Waals surface area contributed by atoms with Crippen LogP contribution in [0.1, 0.15) is 38.5 Å². The van der Waals surface area contributed by atoms with Crippen molar-refractivity contribution in [3.8, 4) is 5.75 Å². The number of benzene rings is 2. The van der Waals surface area contributed by atoms with Crippen LogP contribution in [0.4, 0.5) is 0 Å². The quantitative estimate of drug-likeness (QED) is 0.396. The second-order valence-corrected chi connectivity index (χ2v) is 11.4. The Morgan fingerprint density at radius 3 is 2.21 bits per heavy atom. The molecule has 0 amide bonds. The van der Waals surface area contributed by atoms with E-state index in [1.54, 1.807) is 25.1 Å². The highest BCUT2D eigenvalue weighted by Gasteiger charge is 2.27. The number of hydrogen-bond acceptors (Lipinski definition) is 6. The summed E-state index contributed by atoms with van der Waals surface area (Å²) in [5.41, 5.74) is 0.705. The summed E-state index contributed by atoms with van der Waals surface area (Å²) < 4.78 is 67.2. The number of hydrogen-bond donors (Lipinski definition) is 1. The molecule has 0 aliphatic rings. The molecule has 184 valence electrons. The molecule has 34 heavy (non-hydrogen) atoms. The second-order valence-electron chi connectivity index (χ2n) is 7.80. The number of para-hydroxylation sites is 1. The van der Waals surface area contributed by atoms with Gasteiger partial charge in [-0.05, 0) is 62.7 Å². The van der Waals surface area contributed by atoms with Crippen LogP contribution in [0.15, 0.2) is 81.1 Å². The van der Waals surface area contributed by atoms with E-state index in [1.165, 1.54) is 34.8 Å². The van der Waals surface area contributed by atoms with Gasteiger partial charge >= 0.3 is 0 Å². The largest absolute Gasteiger partial charge is 0.494 e. The van der Waals surface area contributed by atoms with Crippen LogP contribution in [-0.4, -0.2) is 33.8 Å². The summed E-state index contributed by atoms with van der Waals surface area (Å²) in [4.78, 5) is -0.0125. The van der Waals surface area contributed by atoms with E-state index in [-0.39, 0.29) is 28.9 Å². The fraction of sp³-hybridized carbons (Fsp3) is 0.333. The molecule has 3 rings (SSSR count). The molecule has 0 aliphatic carbocycles. The Morgan fingerprint density at radius 2 is 1.59 bits per heavy atom. The van der Waals surface area contributed by atoms with Crippen molar-refractivity contribution in [2.75, 3.05) is 6.61 Å². The van der Waals surface area contributed by atoms with Crippen molar-refractivity contribution >= 4 is 20.0 Å². The van der Waals surface area contributed by atoms with Crippen molar-refractivity contribution in [1.29, 1.82) is 0 Å². The van der Waals surface area contributed by atoms with E-state index in [0.717, 1.165) is 0 Å². The van der Waals surface area contributed by atoms with Crippen LogP contribution in [0.3, 0.4) is 0 Å². The Kier molecular flexibility index (Phi) is 8.53. The van der Waals surface area contributed by atoms with Crippen LogP contribution in [-0.2, 0) is 33.1 Å². The average Bonchev–Trinajstić information content (AvgIpc) is 3.33. The first-order valence-electron chi connectivity index (χ1n) is 11.0. The molecule has 0 saturated heterocycles. The van der Waals surface area contributed by atoms with Crippen molar-refractivity contribution in [3.63, 3.8) is 0 Å². The first-order valence-corrected chi connectivity index (χ1v) is 13.9. The third-order valence-corrected chi connectivity index (χ3v) is 8.68. The van der Waals surface area contributed by atoms with Crippen LogP contribution < -0.4 is 9.46 Å². The van der Waals surface area contributed by atoms with E-state index >= 15 is 0 Å². The molecule has 0 fully saturated rings. The predicted molar refractivity (Wildman–Crippen MR) is 129 cm³/mol. The maximum absolute atomic E-state index is 13.6. The molecule has 3 aromatic rings. The second kappa shape index (κ2) is 11.2. The zero-order valence-corrected chi connectivity index (χ0v) is 21.1. The Hall–Kier alpha value is -2.66. The topological polar surface area (TPSA) is 106 Å². The molecule has 0 spiro atoms. The van der Waals surface area contributed by atoms with Gasteiger partial charge < -0.3 is 9.15 Å². The van der Waals surface area contributed by atoms with Crippen LogP contribution >= 0.6 is 0 Å². The minimum atomic E-state index is -3.99. The molecular formula is C24H30N2O6S2. The maximum Gasteiger partial charge on any atom is 0.243 e. The van der Waals surface area contributed by atoms with E-state index in [4.69, 9.17) is 9.15 Å². The van der Waals surface area contributed by atoms with Gasteiger partial charge in [0.15, 0.2) is 0 Å². The highest BCUT2D eigenvalue weighted by Crippen LogP contribution is 2.26. The molecule has 2 aromatic carbocycles. The van der Waals surface area contributed by atoms with Crippen molar-refractivity contribution in [3.05, 3.63) is 78.3 Å². The SMILES string of the molecule is CCOc1ccccc1CN(Cc1ccco1)S(=O)(=O)c1ccc(S(=O)(=O)NC(C)CC)cc1. The van der Waals surface area contributed by atoms with E-state index in [0.29, 0.717) is 30.1 Å². The lowest BCUT2D eigenvalue weighted by Crippen LogP contribution is -2.32. The van der Waals surface area contributed by atoms with E-state index in [1.807, 2.05) is 32.0 Å². The third-order valence-electron chi connectivity index (χ3n) is 5.27. The summed E-state index contributed by atoms with van der Waals surface area (Å²) >= 11 is 0. The average molecular weight is 507 g/mol. The minimum Gasteiger partial charge on any atom is -0.494 e. The van der Waals surface area contributed by atoms with Gasteiger partial charge in [-0.1, -0.05) is 25.1 Å². The zero-order valence-electron chi connectivity index (χ0n) is 19.5. The summed E-state index contributed by atoms with van der Waals surface area (Å²) in [6.45, 7) is 6.01. The van der Waals surface area contributed by atoms with Crippen molar-refractivity contribution in [2.24, 2.45) is 0 Å². The first-order chi connectivity index (χ1) is 16.2. The van der Waals surface area contributed by atoms with Gasteiger partial charge in [0.05, 0.1) is 29.2 Å². The van der Waals surface area contributed by atoms with Crippen LogP contribution in [0.5, 0.6) is 5.75 Å². The van der Waals surface area contributed by atoms with Gasteiger partial charge in [0.2, 0.25) is 20.0 Å². The molecule has 1 unspecified atom stereocenters.